The third kappa shape index (κ3) is 4.11. The van der Waals surface area contributed by atoms with Gasteiger partial charge in [-0.2, -0.15) is 0 Å². The summed E-state index contributed by atoms with van der Waals surface area (Å²) in [6.45, 7) is 7.55. The van der Waals surface area contributed by atoms with Crippen LogP contribution in [-0.2, 0) is 4.74 Å². The van der Waals surface area contributed by atoms with E-state index < -0.39 is 0 Å². The molecule has 1 aromatic heterocycles. The smallest absolute Gasteiger partial charge is 0.252 e. The summed E-state index contributed by atoms with van der Waals surface area (Å²) in [4.78, 5) is 18.6. The van der Waals surface area contributed by atoms with Gasteiger partial charge in [0, 0.05) is 42.7 Å². The average Bonchev–Trinajstić information content (AvgIpc) is 3.24. The highest BCUT2D eigenvalue weighted by Crippen LogP contribution is 2.37. The number of furan rings is 1. The van der Waals surface area contributed by atoms with Gasteiger partial charge in [-0.25, -0.2) is 0 Å². The van der Waals surface area contributed by atoms with Crippen LogP contribution in [0.5, 0.6) is 0 Å². The van der Waals surface area contributed by atoms with E-state index in [1.165, 1.54) is 12.8 Å². The van der Waals surface area contributed by atoms with E-state index in [0.29, 0.717) is 5.56 Å². The summed E-state index contributed by atoms with van der Waals surface area (Å²) in [5.74, 6) is 1.64. The fourth-order valence-corrected chi connectivity index (χ4v) is 5.65. The van der Waals surface area contributed by atoms with Crippen LogP contribution >= 0.6 is 11.8 Å². The predicted octanol–water partition coefficient (Wildman–Crippen LogP) is 3.83. The Bertz CT molecular complexity index is 885. The molecule has 160 valence electrons. The van der Waals surface area contributed by atoms with E-state index in [4.69, 9.17) is 9.15 Å². The minimum atomic E-state index is -0.213. The Morgan fingerprint density at radius 3 is 2.47 bits per heavy atom. The van der Waals surface area contributed by atoms with Crippen LogP contribution in [0.3, 0.4) is 0 Å². The number of hydrogen-bond acceptors (Lipinski definition) is 6. The summed E-state index contributed by atoms with van der Waals surface area (Å²) in [5.41, 5.74) is 0.493. The van der Waals surface area contributed by atoms with Gasteiger partial charge in [0.05, 0.1) is 18.9 Å². The molecule has 6 nitrogen and oxygen atoms in total. The van der Waals surface area contributed by atoms with Crippen LogP contribution in [0.4, 0.5) is 5.88 Å². The zero-order valence-corrected chi connectivity index (χ0v) is 18.2. The van der Waals surface area contributed by atoms with Crippen molar-refractivity contribution in [2.75, 3.05) is 44.3 Å². The number of ether oxygens (including phenoxy) is 1. The second kappa shape index (κ2) is 8.29. The van der Waals surface area contributed by atoms with Crippen LogP contribution in [-0.4, -0.2) is 55.9 Å². The van der Waals surface area contributed by atoms with Crippen LogP contribution in [0.2, 0.25) is 0 Å². The zero-order chi connectivity index (χ0) is 20.6. The zero-order valence-electron chi connectivity index (χ0n) is 17.4. The SMILES string of the molecule is C[C@@]1(NC(=O)c2ccc(Sc3ccc(N4CCOCC4)o3)cc2)CC2CCN1CC2. The summed E-state index contributed by atoms with van der Waals surface area (Å²) in [6.07, 6.45) is 3.57. The van der Waals surface area contributed by atoms with Crippen molar-refractivity contribution in [1.29, 1.82) is 0 Å². The van der Waals surface area contributed by atoms with Crippen molar-refractivity contribution in [2.45, 2.75) is 41.8 Å². The Kier molecular flexibility index (Phi) is 5.52. The lowest BCUT2D eigenvalue weighted by Gasteiger charge is -2.52. The fourth-order valence-electron chi connectivity index (χ4n) is 4.88. The molecule has 0 spiro atoms. The van der Waals surface area contributed by atoms with E-state index >= 15 is 0 Å². The molecule has 5 heterocycles. The van der Waals surface area contributed by atoms with Crippen molar-refractivity contribution in [3.8, 4) is 0 Å². The number of benzene rings is 1. The summed E-state index contributed by atoms with van der Waals surface area (Å²) in [6, 6.07) is 11.8. The molecule has 1 aromatic carbocycles. The lowest BCUT2D eigenvalue weighted by Crippen LogP contribution is -2.65. The predicted molar refractivity (Wildman–Crippen MR) is 117 cm³/mol. The van der Waals surface area contributed by atoms with Crippen LogP contribution < -0.4 is 10.2 Å². The van der Waals surface area contributed by atoms with Gasteiger partial charge >= 0.3 is 0 Å². The van der Waals surface area contributed by atoms with Crippen molar-refractivity contribution >= 4 is 23.6 Å². The molecule has 4 aliphatic rings. The molecular formula is C23H29N3O3S. The standard InChI is InChI=1S/C23H29N3O3S/c1-23(16-17-8-10-26(23)11-9-17)24-22(27)18-2-4-19(5-3-18)30-21-7-6-20(29-21)25-12-14-28-15-13-25/h2-7,17H,8-16H2,1H3,(H,24,27)/t23-/m0/s1. The summed E-state index contributed by atoms with van der Waals surface area (Å²) in [5, 5.41) is 4.15. The number of morpholine rings is 1. The first-order valence-corrected chi connectivity index (χ1v) is 11.7. The van der Waals surface area contributed by atoms with Gasteiger partial charge in [-0.3, -0.25) is 9.69 Å². The molecule has 0 saturated carbocycles. The van der Waals surface area contributed by atoms with E-state index in [1.54, 1.807) is 11.8 Å². The van der Waals surface area contributed by atoms with Gasteiger partial charge in [0.15, 0.2) is 11.0 Å². The molecule has 6 rings (SSSR count). The van der Waals surface area contributed by atoms with Crippen molar-refractivity contribution in [3.63, 3.8) is 0 Å². The van der Waals surface area contributed by atoms with Crippen molar-refractivity contribution in [2.24, 2.45) is 5.92 Å². The molecule has 2 bridgehead atoms. The molecule has 7 heteroatoms. The fraction of sp³-hybridized carbons (Fsp3) is 0.522. The first-order valence-electron chi connectivity index (χ1n) is 10.9. The quantitative estimate of drug-likeness (QED) is 0.783. The number of hydrogen-bond donors (Lipinski definition) is 1. The first-order chi connectivity index (χ1) is 14.6. The number of anilines is 1. The maximum absolute atomic E-state index is 12.9. The van der Waals surface area contributed by atoms with Gasteiger partial charge in [-0.05, 0) is 62.4 Å². The van der Waals surface area contributed by atoms with Gasteiger partial charge in [-0.15, -0.1) is 0 Å². The van der Waals surface area contributed by atoms with Crippen LogP contribution in [0, 0.1) is 5.92 Å². The number of nitrogens with zero attached hydrogens (tertiary/aromatic N) is 2. The van der Waals surface area contributed by atoms with Crippen molar-refractivity contribution in [1.82, 2.24) is 10.2 Å². The van der Waals surface area contributed by atoms with E-state index in [2.05, 4.69) is 22.0 Å². The lowest BCUT2D eigenvalue weighted by molar-refractivity contribution is -0.0346. The largest absolute Gasteiger partial charge is 0.434 e. The molecule has 1 amide bonds. The molecule has 4 fully saturated rings. The average molecular weight is 428 g/mol. The number of piperidine rings is 3. The third-order valence-corrected chi connectivity index (χ3v) is 7.53. The second-order valence-corrected chi connectivity index (χ2v) is 9.76. The molecule has 1 N–H and O–H groups in total. The van der Waals surface area contributed by atoms with Gasteiger partial charge in [-0.1, -0.05) is 11.8 Å². The van der Waals surface area contributed by atoms with Gasteiger partial charge in [0.1, 0.15) is 0 Å². The Hall–Kier alpha value is -1.96. The van der Waals surface area contributed by atoms with Gasteiger partial charge in [0.2, 0.25) is 0 Å². The second-order valence-electron chi connectivity index (χ2n) is 8.68. The summed E-state index contributed by atoms with van der Waals surface area (Å²) >= 11 is 1.57. The maximum atomic E-state index is 12.9. The van der Waals surface area contributed by atoms with Crippen LogP contribution in [0.15, 0.2) is 50.8 Å². The third-order valence-electron chi connectivity index (χ3n) is 6.61. The molecule has 2 aromatic rings. The number of nitrogens with one attached hydrogen (secondary N) is 1. The van der Waals surface area contributed by atoms with Crippen molar-refractivity contribution < 1.29 is 13.9 Å². The Morgan fingerprint density at radius 1 is 1.07 bits per heavy atom. The van der Waals surface area contributed by atoms with E-state index in [1.807, 2.05) is 36.4 Å². The first kappa shape index (κ1) is 20.0. The maximum Gasteiger partial charge on any atom is 0.252 e. The minimum absolute atomic E-state index is 0.00852. The molecule has 30 heavy (non-hydrogen) atoms. The van der Waals surface area contributed by atoms with Crippen LogP contribution in [0.25, 0.3) is 0 Å². The highest BCUT2D eigenvalue weighted by atomic mass is 32.2. The van der Waals surface area contributed by atoms with E-state index in [9.17, 15) is 4.79 Å². The number of fused-ring (bicyclic) bond motifs is 3. The summed E-state index contributed by atoms with van der Waals surface area (Å²) in [7, 11) is 0. The Morgan fingerprint density at radius 2 is 1.80 bits per heavy atom. The number of carbonyl (C=O) groups is 1. The topological polar surface area (TPSA) is 58.0 Å². The minimum Gasteiger partial charge on any atom is -0.434 e. The van der Waals surface area contributed by atoms with Gasteiger partial charge in [0.25, 0.3) is 5.91 Å². The molecule has 1 atom stereocenters. The molecule has 4 saturated heterocycles. The normalized spacial score (nSPS) is 28.5. The molecule has 0 aliphatic carbocycles. The Labute approximate surface area is 181 Å². The number of carbonyl (C=O) groups excluding carboxylic acids is 1. The highest BCUT2D eigenvalue weighted by Gasteiger charge is 2.43. The molecular weight excluding hydrogens is 398 g/mol. The number of amides is 1. The van der Waals surface area contributed by atoms with E-state index in [0.717, 1.165) is 67.6 Å². The van der Waals surface area contributed by atoms with Crippen LogP contribution in [0.1, 0.15) is 36.5 Å². The van der Waals surface area contributed by atoms with Gasteiger partial charge < -0.3 is 19.4 Å². The Balaban J connectivity index is 1.20. The molecule has 0 unspecified atom stereocenters. The van der Waals surface area contributed by atoms with E-state index in [-0.39, 0.29) is 11.6 Å². The highest BCUT2D eigenvalue weighted by molar-refractivity contribution is 7.99. The molecule has 0 radical (unpaired) electrons. The van der Waals surface area contributed by atoms with Crippen molar-refractivity contribution in [3.05, 3.63) is 42.0 Å². The monoisotopic (exact) mass is 427 g/mol. The summed E-state index contributed by atoms with van der Waals surface area (Å²) < 4.78 is 11.4. The lowest BCUT2D eigenvalue weighted by atomic mass is 9.80. The molecule has 4 aliphatic heterocycles. The number of rotatable bonds is 5.